The van der Waals surface area contributed by atoms with Crippen molar-refractivity contribution in [2.75, 3.05) is 39.5 Å². The van der Waals surface area contributed by atoms with Crippen molar-refractivity contribution >= 4 is 18.3 Å². The number of morpholine rings is 1. The average molecular weight is 281 g/mol. The van der Waals surface area contributed by atoms with E-state index in [0.717, 1.165) is 32.4 Å². The van der Waals surface area contributed by atoms with Gasteiger partial charge in [-0.2, -0.15) is 0 Å². The molecule has 1 amide bonds. The lowest BCUT2D eigenvalue weighted by atomic mass is 10.3. The fourth-order valence-corrected chi connectivity index (χ4v) is 1.58. The van der Waals surface area contributed by atoms with E-state index < -0.39 is 0 Å². The third-order valence-electron chi connectivity index (χ3n) is 2.63. The van der Waals surface area contributed by atoms with Gasteiger partial charge in [-0.15, -0.1) is 12.4 Å². The van der Waals surface area contributed by atoms with E-state index in [1.807, 2.05) is 0 Å². The van der Waals surface area contributed by atoms with Crippen molar-refractivity contribution in [1.82, 2.24) is 10.6 Å². The van der Waals surface area contributed by atoms with E-state index in [9.17, 15) is 4.79 Å². The first-order valence-corrected chi connectivity index (χ1v) is 6.52. The van der Waals surface area contributed by atoms with Crippen LogP contribution in [0, 0.1) is 0 Å². The lowest BCUT2D eigenvalue weighted by molar-refractivity contribution is -0.134. The Balaban J connectivity index is 0.00000289. The molecular weight excluding hydrogens is 256 g/mol. The van der Waals surface area contributed by atoms with Gasteiger partial charge in [0.05, 0.1) is 6.61 Å². The second kappa shape index (κ2) is 11.7. The number of halogens is 1. The Labute approximate surface area is 115 Å². The molecule has 0 saturated carbocycles. The summed E-state index contributed by atoms with van der Waals surface area (Å²) in [6.45, 7) is 6.38. The molecule has 0 radical (unpaired) electrons. The summed E-state index contributed by atoms with van der Waals surface area (Å²) in [4.78, 5) is 11.6. The van der Waals surface area contributed by atoms with Crippen molar-refractivity contribution in [3.8, 4) is 0 Å². The highest BCUT2D eigenvalue weighted by atomic mass is 35.5. The molecule has 0 aromatic rings. The summed E-state index contributed by atoms with van der Waals surface area (Å²) in [5, 5.41) is 5.99. The minimum Gasteiger partial charge on any atom is -0.381 e. The molecule has 18 heavy (non-hydrogen) atoms. The van der Waals surface area contributed by atoms with Gasteiger partial charge in [0.2, 0.25) is 5.91 Å². The van der Waals surface area contributed by atoms with Crippen molar-refractivity contribution in [1.29, 1.82) is 0 Å². The highest BCUT2D eigenvalue weighted by Crippen LogP contribution is 1.96. The highest BCUT2D eigenvalue weighted by molar-refractivity contribution is 5.85. The first-order chi connectivity index (χ1) is 8.34. The molecule has 108 valence electrons. The number of carbonyl (C=O) groups is 1. The Hall–Kier alpha value is -0.360. The van der Waals surface area contributed by atoms with Crippen LogP contribution in [0.1, 0.15) is 26.2 Å². The largest absolute Gasteiger partial charge is 0.381 e. The predicted octanol–water partition coefficient (Wildman–Crippen LogP) is 0.720. The SMILES string of the molecule is CCCCOCCCNC(=O)C1CNCCO1.Cl. The van der Waals surface area contributed by atoms with Crippen molar-refractivity contribution < 1.29 is 14.3 Å². The molecule has 1 unspecified atom stereocenters. The van der Waals surface area contributed by atoms with E-state index in [1.54, 1.807) is 0 Å². The number of hydrogen-bond donors (Lipinski definition) is 2. The van der Waals surface area contributed by atoms with E-state index >= 15 is 0 Å². The number of amides is 1. The molecule has 1 fully saturated rings. The van der Waals surface area contributed by atoms with Crippen LogP contribution in [0.2, 0.25) is 0 Å². The maximum Gasteiger partial charge on any atom is 0.250 e. The van der Waals surface area contributed by atoms with Gasteiger partial charge in [0.25, 0.3) is 0 Å². The Kier molecular flexibility index (Phi) is 11.5. The van der Waals surface area contributed by atoms with Gasteiger partial charge in [-0.25, -0.2) is 0 Å². The normalized spacial score (nSPS) is 19.1. The molecule has 1 atom stereocenters. The summed E-state index contributed by atoms with van der Waals surface area (Å²) in [6.07, 6.45) is 2.79. The molecule has 2 N–H and O–H groups in total. The van der Waals surface area contributed by atoms with Crippen molar-refractivity contribution in [3.63, 3.8) is 0 Å². The molecule has 6 heteroatoms. The van der Waals surface area contributed by atoms with Gasteiger partial charge in [0.1, 0.15) is 6.10 Å². The maximum absolute atomic E-state index is 11.6. The second-order valence-corrected chi connectivity index (χ2v) is 4.17. The summed E-state index contributed by atoms with van der Waals surface area (Å²) in [6, 6.07) is 0. The number of ether oxygens (including phenoxy) is 2. The molecule has 1 aliphatic rings. The Morgan fingerprint density at radius 3 is 2.89 bits per heavy atom. The quantitative estimate of drug-likeness (QED) is 0.643. The molecule has 0 aliphatic carbocycles. The van der Waals surface area contributed by atoms with E-state index in [0.29, 0.717) is 26.3 Å². The Morgan fingerprint density at radius 2 is 2.22 bits per heavy atom. The number of hydrogen-bond acceptors (Lipinski definition) is 4. The molecule has 5 nitrogen and oxygen atoms in total. The topological polar surface area (TPSA) is 59.6 Å². The van der Waals surface area contributed by atoms with Gasteiger partial charge in [0, 0.05) is 32.8 Å². The first kappa shape index (κ1) is 17.6. The maximum atomic E-state index is 11.6. The van der Waals surface area contributed by atoms with Crippen LogP contribution in [0.15, 0.2) is 0 Å². The van der Waals surface area contributed by atoms with Gasteiger partial charge >= 0.3 is 0 Å². The zero-order valence-electron chi connectivity index (χ0n) is 11.1. The zero-order chi connectivity index (χ0) is 12.3. The van der Waals surface area contributed by atoms with Crippen LogP contribution in [0.25, 0.3) is 0 Å². The third-order valence-corrected chi connectivity index (χ3v) is 2.63. The number of nitrogens with one attached hydrogen (secondary N) is 2. The van der Waals surface area contributed by atoms with Crippen LogP contribution in [0.3, 0.4) is 0 Å². The first-order valence-electron chi connectivity index (χ1n) is 6.52. The van der Waals surface area contributed by atoms with Crippen molar-refractivity contribution in [3.05, 3.63) is 0 Å². The van der Waals surface area contributed by atoms with Crippen LogP contribution in [0.4, 0.5) is 0 Å². The van der Waals surface area contributed by atoms with Gasteiger partial charge in [0.15, 0.2) is 0 Å². The van der Waals surface area contributed by atoms with Crippen LogP contribution >= 0.6 is 12.4 Å². The lowest BCUT2D eigenvalue weighted by Crippen LogP contribution is -2.48. The van der Waals surface area contributed by atoms with Crippen molar-refractivity contribution in [2.45, 2.75) is 32.3 Å². The fraction of sp³-hybridized carbons (Fsp3) is 0.917. The summed E-state index contributed by atoms with van der Waals surface area (Å²) < 4.78 is 10.8. The average Bonchev–Trinajstić information content (AvgIpc) is 2.38. The smallest absolute Gasteiger partial charge is 0.250 e. The van der Waals surface area contributed by atoms with Crippen molar-refractivity contribution in [2.24, 2.45) is 0 Å². The summed E-state index contributed by atoms with van der Waals surface area (Å²) in [5.74, 6) is -0.0224. The van der Waals surface area contributed by atoms with E-state index in [4.69, 9.17) is 9.47 Å². The van der Waals surface area contributed by atoms with E-state index in [2.05, 4.69) is 17.6 Å². The summed E-state index contributed by atoms with van der Waals surface area (Å²) in [7, 11) is 0. The molecular formula is C12H25ClN2O3. The Bertz CT molecular complexity index is 211. The van der Waals surface area contributed by atoms with Crippen LogP contribution in [0.5, 0.6) is 0 Å². The predicted molar refractivity (Wildman–Crippen MR) is 73.2 cm³/mol. The van der Waals surface area contributed by atoms with Crippen LogP contribution < -0.4 is 10.6 Å². The van der Waals surface area contributed by atoms with Crippen LogP contribution in [-0.4, -0.2) is 51.5 Å². The van der Waals surface area contributed by atoms with Crippen LogP contribution in [-0.2, 0) is 14.3 Å². The monoisotopic (exact) mass is 280 g/mol. The molecule has 1 saturated heterocycles. The summed E-state index contributed by atoms with van der Waals surface area (Å²) >= 11 is 0. The van der Waals surface area contributed by atoms with Gasteiger partial charge in [-0.3, -0.25) is 4.79 Å². The molecule has 1 aliphatic heterocycles. The second-order valence-electron chi connectivity index (χ2n) is 4.17. The fourth-order valence-electron chi connectivity index (χ4n) is 1.58. The van der Waals surface area contributed by atoms with Gasteiger partial charge < -0.3 is 20.1 Å². The number of unbranched alkanes of at least 4 members (excludes halogenated alkanes) is 1. The number of rotatable bonds is 8. The number of carbonyl (C=O) groups excluding carboxylic acids is 1. The zero-order valence-corrected chi connectivity index (χ0v) is 11.9. The minimum absolute atomic E-state index is 0. The summed E-state index contributed by atoms with van der Waals surface area (Å²) in [5.41, 5.74) is 0. The molecule has 0 bridgehead atoms. The molecule has 0 aromatic carbocycles. The highest BCUT2D eigenvalue weighted by Gasteiger charge is 2.20. The van der Waals surface area contributed by atoms with Gasteiger partial charge in [-0.05, 0) is 12.8 Å². The molecule has 1 heterocycles. The standard InChI is InChI=1S/C12H24N2O3.ClH/c1-2-3-7-16-8-4-5-14-12(15)11-10-13-6-9-17-11;/h11,13H,2-10H2,1H3,(H,14,15);1H. The molecule has 1 rings (SSSR count). The molecule has 0 aromatic heterocycles. The lowest BCUT2D eigenvalue weighted by Gasteiger charge is -2.22. The molecule has 0 spiro atoms. The van der Waals surface area contributed by atoms with Gasteiger partial charge in [-0.1, -0.05) is 13.3 Å². The third kappa shape index (κ3) is 7.87. The minimum atomic E-state index is -0.329. The van der Waals surface area contributed by atoms with E-state index in [1.165, 1.54) is 0 Å². The van der Waals surface area contributed by atoms with E-state index in [-0.39, 0.29) is 24.4 Å². The Morgan fingerprint density at radius 1 is 1.44 bits per heavy atom.